The number of piperidine rings is 1. The van der Waals surface area contributed by atoms with Crippen molar-refractivity contribution in [3.63, 3.8) is 0 Å². The summed E-state index contributed by atoms with van der Waals surface area (Å²) in [4.78, 5) is 36.7. The molecule has 1 amide bonds. The van der Waals surface area contributed by atoms with Gasteiger partial charge in [0.25, 0.3) is 0 Å². The van der Waals surface area contributed by atoms with E-state index in [1.54, 1.807) is 18.7 Å². The molecule has 0 aliphatic carbocycles. The molecule has 4 aromatic rings. The lowest BCUT2D eigenvalue weighted by Gasteiger charge is -2.41. The Morgan fingerprint density at radius 1 is 1.18 bits per heavy atom. The van der Waals surface area contributed by atoms with Gasteiger partial charge in [-0.05, 0) is 69.0 Å². The van der Waals surface area contributed by atoms with E-state index in [2.05, 4.69) is 27.3 Å². The van der Waals surface area contributed by atoms with Crippen molar-refractivity contribution in [2.75, 3.05) is 25.1 Å². The predicted molar refractivity (Wildman–Crippen MR) is 159 cm³/mol. The third-order valence-corrected chi connectivity index (χ3v) is 8.42. The van der Waals surface area contributed by atoms with Crippen LogP contribution in [0.2, 0.25) is 0 Å². The van der Waals surface area contributed by atoms with E-state index in [1.165, 1.54) is 11.6 Å². The lowest BCUT2D eigenvalue weighted by molar-refractivity contribution is -0.124. The topological polar surface area (TPSA) is 111 Å². The number of para-hydroxylation sites is 2. The van der Waals surface area contributed by atoms with Crippen LogP contribution in [0.4, 0.5) is 0 Å². The average Bonchev–Trinajstić information content (AvgIpc) is 3.39. The van der Waals surface area contributed by atoms with Crippen molar-refractivity contribution >= 4 is 28.7 Å². The number of nitrogens with zero attached hydrogens (tertiary/aromatic N) is 2. The number of rotatable bonds is 10. The Kier molecular flexibility index (Phi) is 8.61. The first-order chi connectivity index (χ1) is 19.4. The summed E-state index contributed by atoms with van der Waals surface area (Å²) < 4.78 is 6.01. The molecule has 210 valence electrons. The van der Waals surface area contributed by atoms with Crippen molar-refractivity contribution in [1.82, 2.24) is 20.2 Å². The van der Waals surface area contributed by atoms with E-state index in [0.717, 1.165) is 35.6 Å². The summed E-state index contributed by atoms with van der Waals surface area (Å²) in [6, 6.07) is 19.1. The Morgan fingerprint density at radius 3 is 2.62 bits per heavy atom. The number of aromatic amines is 1. The Hall–Kier alpha value is -3.56. The number of aryl methyl sites for hydroxylation is 1. The van der Waals surface area contributed by atoms with Crippen LogP contribution in [0.1, 0.15) is 54.6 Å². The van der Waals surface area contributed by atoms with Crippen LogP contribution in [-0.2, 0) is 16.8 Å². The summed E-state index contributed by atoms with van der Waals surface area (Å²) in [6.07, 6.45) is 4.01. The first kappa shape index (κ1) is 28.0. The fourth-order valence-electron chi connectivity index (χ4n) is 5.63. The van der Waals surface area contributed by atoms with E-state index in [-0.39, 0.29) is 24.1 Å². The molecule has 1 atom stereocenters. The molecule has 0 spiro atoms. The van der Waals surface area contributed by atoms with Gasteiger partial charge in [-0.25, -0.2) is 4.98 Å². The first-order valence-electron chi connectivity index (χ1n) is 13.7. The quantitative estimate of drug-likeness (QED) is 0.248. The summed E-state index contributed by atoms with van der Waals surface area (Å²) in [5, 5.41) is 14.1. The highest BCUT2D eigenvalue weighted by Crippen LogP contribution is 2.42. The lowest BCUT2D eigenvalue weighted by Crippen LogP contribution is -2.46. The third-order valence-electron chi connectivity index (χ3n) is 7.77. The summed E-state index contributed by atoms with van der Waals surface area (Å²) in [7, 11) is 0. The molecular formula is C31H36N4O4S. The molecule has 8 nitrogen and oxygen atoms in total. The second-order valence-corrected chi connectivity index (χ2v) is 11.6. The maximum atomic E-state index is 13.7. The maximum absolute atomic E-state index is 13.7. The number of carbonyl (C=O) groups excluding carboxylic acids is 1. The molecule has 0 bridgehead atoms. The molecule has 1 aliphatic rings. The van der Waals surface area contributed by atoms with Gasteiger partial charge >= 0.3 is 0 Å². The fraction of sp³-hybridized carbons (Fsp3) is 0.387. The van der Waals surface area contributed by atoms with Crippen LogP contribution >= 0.6 is 11.8 Å². The molecule has 3 heterocycles. The number of imidazole rings is 1. The second-order valence-electron chi connectivity index (χ2n) is 10.7. The molecule has 2 aromatic heterocycles. The molecule has 1 saturated heterocycles. The Balaban J connectivity index is 1.39. The number of amides is 1. The highest BCUT2D eigenvalue weighted by atomic mass is 32.2. The van der Waals surface area contributed by atoms with Crippen molar-refractivity contribution in [2.45, 2.75) is 50.6 Å². The molecule has 1 unspecified atom stereocenters. The summed E-state index contributed by atoms with van der Waals surface area (Å²) in [5.74, 6) is 1.66. The van der Waals surface area contributed by atoms with Crippen LogP contribution in [0.3, 0.4) is 0 Å². The maximum Gasteiger partial charge on any atom is 0.227 e. The molecule has 40 heavy (non-hydrogen) atoms. The fourth-order valence-corrected chi connectivity index (χ4v) is 6.10. The number of H-pyrrole nitrogens is 1. The number of fused-ring (bicyclic) bond motifs is 1. The number of hydrogen-bond donors (Lipinski definition) is 3. The molecule has 0 radical (unpaired) electrons. The molecule has 0 saturated carbocycles. The number of thioether (sulfide) groups is 1. The van der Waals surface area contributed by atoms with Crippen LogP contribution < -0.4 is 10.7 Å². The van der Waals surface area contributed by atoms with Crippen LogP contribution in [0.15, 0.2) is 69.9 Å². The van der Waals surface area contributed by atoms with Gasteiger partial charge in [-0.2, -0.15) is 11.8 Å². The number of aromatic nitrogens is 2. The Bertz CT molecular complexity index is 1480. The first-order valence-corrected chi connectivity index (χ1v) is 15.1. The molecule has 1 fully saturated rings. The molecule has 2 aromatic carbocycles. The van der Waals surface area contributed by atoms with Crippen LogP contribution in [-0.4, -0.2) is 51.0 Å². The van der Waals surface area contributed by atoms with Gasteiger partial charge in [0.05, 0.1) is 17.1 Å². The van der Waals surface area contributed by atoms with Crippen LogP contribution in [0.25, 0.3) is 11.0 Å². The van der Waals surface area contributed by atoms with Gasteiger partial charge in [0, 0.05) is 24.4 Å². The number of hydrogen-bond acceptors (Lipinski definition) is 7. The van der Waals surface area contributed by atoms with Gasteiger partial charge in [-0.15, -0.1) is 0 Å². The zero-order valence-electron chi connectivity index (χ0n) is 23.0. The normalized spacial score (nSPS) is 16.1. The van der Waals surface area contributed by atoms with E-state index in [4.69, 9.17) is 9.40 Å². The van der Waals surface area contributed by atoms with Gasteiger partial charge in [-0.1, -0.05) is 42.5 Å². The number of likely N-dealkylation sites (tertiary alicyclic amines) is 1. The monoisotopic (exact) mass is 560 g/mol. The Labute approximate surface area is 238 Å². The largest absolute Gasteiger partial charge is 0.502 e. The van der Waals surface area contributed by atoms with E-state index in [0.29, 0.717) is 31.7 Å². The van der Waals surface area contributed by atoms with Gasteiger partial charge in [0.2, 0.25) is 17.1 Å². The Morgan fingerprint density at radius 2 is 1.90 bits per heavy atom. The van der Waals surface area contributed by atoms with Crippen molar-refractivity contribution in [1.29, 1.82) is 0 Å². The summed E-state index contributed by atoms with van der Waals surface area (Å²) in [5.41, 5.74) is 1.72. The highest BCUT2D eigenvalue weighted by Gasteiger charge is 2.43. The molecule has 3 N–H and O–H groups in total. The average molecular weight is 561 g/mol. The van der Waals surface area contributed by atoms with E-state index < -0.39 is 16.6 Å². The number of carbonyl (C=O) groups is 1. The number of aromatic hydroxyl groups is 1. The molecule has 5 rings (SSSR count). The predicted octanol–water partition coefficient (Wildman–Crippen LogP) is 5.06. The van der Waals surface area contributed by atoms with Gasteiger partial charge in [0.15, 0.2) is 5.76 Å². The van der Waals surface area contributed by atoms with Crippen molar-refractivity contribution in [3.05, 3.63) is 93.8 Å². The minimum absolute atomic E-state index is 0.0993. The summed E-state index contributed by atoms with van der Waals surface area (Å²) in [6.45, 7) is 3.91. The SMILES string of the molecule is CSCCC(NC(=O)CC1(c2oc(C)cc(=O)c2O)CCN(Cc2ccccc2)CC1)c1nc2ccccc2[nH]1. The van der Waals surface area contributed by atoms with E-state index in [1.807, 2.05) is 48.7 Å². The molecular weight excluding hydrogens is 524 g/mol. The minimum atomic E-state index is -0.801. The standard InChI is InChI=1S/C31H36N4O4S/c1-21-18-26(36)28(38)29(39-21)31(13-15-35(16-14-31)20-22-8-4-3-5-9-22)19-27(37)32-25(12-17-40-2)30-33-23-10-6-7-11-24(23)34-30/h3-11,18,25,38H,12-17,19-20H2,1-2H3,(H,32,37)(H,33,34). The van der Waals surface area contributed by atoms with Crippen molar-refractivity contribution in [2.24, 2.45) is 0 Å². The number of benzene rings is 2. The smallest absolute Gasteiger partial charge is 0.227 e. The molecule has 1 aliphatic heterocycles. The second kappa shape index (κ2) is 12.3. The summed E-state index contributed by atoms with van der Waals surface area (Å²) >= 11 is 1.72. The highest BCUT2D eigenvalue weighted by molar-refractivity contribution is 7.98. The zero-order valence-corrected chi connectivity index (χ0v) is 23.8. The third kappa shape index (κ3) is 6.26. The zero-order chi connectivity index (χ0) is 28.1. The minimum Gasteiger partial charge on any atom is -0.502 e. The van der Waals surface area contributed by atoms with E-state index in [9.17, 15) is 14.7 Å². The van der Waals surface area contributed by atoms with Gasteiger partial charge < -0.3 is 19.8 Å². The van der Waals surface area contributed by atoms with E-state index >= 15 is 0 Å². The van der Waals surface area contributed by atoms with Gasteiger partial charge in [-0.3, -0.25) is 14.5 Å². The van der Waals surface area contributed by atoms with Crippen molar-refractivity contribution < 1.29 is 14.3 Å². The molecule has 9 heteroatoms. The van der Waals surface area contributed by atoms with Crippen LogP contribution in [0, 0.1) is 6.92 Å². The number of nitrogens with one attached hydrogen (secondary N) is 2. The lowest BCUT2D eigenvalue weighted by atomic mass is 9.72. The van der Waals surface area contributed by atoms with Crippen LogP contribution in [0.5, 0.6) is 5.75 Å². The van der Waals surface area contributed by atoms with Gasteiger partial charge in [0.1, 0.15) is 11.6 Å². The van der Waals surface area contributed by atoms with Crippen molar-refractivity contribution in [3.8, 4) is 5.75 Å².